The summed E-state index contributed by atoms with van der Waals surface area (Å²) >= 11 is 0. The van der Waals surface area contributed by atoms with E-state index in [1.165, 1.54) is 25.9 Å². The Labute approximate surface area is 140 Å². The van der Waals surface area contributed by atoms with Gasteiger partial charge in [0, 0.05) is 6.54 Å². The molecule has 1 heterocycles. The molecule has 2 rings (SSSR count). The molecule has 4 nitrogen and oxygen atoms in total. The Morgan fingerprint density at radius 3 is 2.52 bits per heavy atom. The molecule has 0 aliphatic carbocycles. The molecule has 0 radical (unpaired) electrons. The van der Waals surface area contributed by atoms with Crippen molar-refractivity contribution in [1.29, 1.82) is 0 Å². The molecule has 1 aromatic rings. The molecule has 1 fully saturated rings. The van der Waals surface area contributed by atoms with Crippen LogP contribution in [0.15, 0.2) is 29.4 Å². The molecule has 0 amide bonds. The van der Waals surface area contributed by atoms with Gasteiger partial charge in [-0.3, -0.25) is 0 Å². The average molecular weight is 318 g/mol. The van der Waals surface area contributed by atoms with Crippen molar-refractivity contribution in [2.75, 3.05) is 33.4 Å². The van der Waals surface area contributed by atoms with Gasteiger partial charge in [0.1, 0.15) is 12.9 Å². The molecule has 4 heteroatoms. The van der Waals surface area contributed by atoms with Crippen LogP contribution in [0.2, 0.25) is 0 Å². The molecule has 1 saturated heterocycles. The molecule has 0 bridgehead atoms. The van der Waals surface area contributed by atoms with Crippen molar-refractivity contribution in [3.63, 3.8) is 0 Å². The Bertz CT molecular complexity index is 477. The quantitative estimate of drug-likeness (QED) is 0.413. The minimum atomic E-state index is 0.776. The summed E-state index contributed by atoms with van der Waals surface area (Å²) in [5, 5.41) is 4.05. The third-order valence-corrected chi connectivity index (χ3v) is 4.49. The summed E-state index contributed by atoms with van der Waals surface area (Å²) in [5.41, 5.74) is 2.04. The lowest BCUT2D eigenvalue weighted by Crippen LogP contribution is -2.34. The zero-order valence-corrected chi connectivity index (χ0v) is 14.8. The average Bonchev–Trinajstić information content (AvgIpc) is 2.59. The van der Waals surface area contributed by atoms with Crippen LogP contribution in [0.3, 0.4) is 0 Å². The Hall–Kier alpha value is -1.55. The lowest BCUT2D eigenvalue weighted by molar-refractivity contribution is 0.177. The molecule has 0 aromatic heterocycles. The van der Waals surface area contributed by atoms with Crippen LogP contribution in [0.25, 0.3) is 0 Å². The highest BCUT2D eigenvalue weighted by Crippen LogP contribution is 2.17. The zero-order chi connectivity index (χ0) is 16.5. The fourth-order valence-electron chi connectivity index (χ4n) is 2.94. The summed E-state index contributed by atoms with van der Waals surface area (Å²) in [7, 11) is 1.58. The SMILES string of the molecule is CC/C(=N\OC)c1ccc(OCCCN2CCC(C)CC2)cc1. The van der Waals surface area contributed by atoms with Crippen molar-refractivity contribution in [1.82, 2.24) is 4.90 Å². The standard InChI is InChI=1S/C19H30N2O2/c1-4-19(20-22-3)17-6-8-18(9-7-17)23-15-5-12-21-13-10-16(2)11-14-21/h6-9,16H,4-5,10-15H2,1-3H3/b20-19+. The van der Waals surface area contributed by atoms with Gasteiger partial charge in [-0.15, -0.1) is 0 Å². The van der Waals surface area contributed by atoms with Gasteiger partial charge < -0.3 is 14.5 Å². The van der Waals surface area contributed by atoms with Crippen molar-refractivity contribution in [3.05, 3.63) is 29.8 Å². The van der Waals surface area contributed by atoms with Crippen molar-refractivity contribution in [3.8, 4) is 5.75 Å². The Morgan fingerprint density at radius 1 is 1.22 bits per heavy atom. The Balaban J connectivity index is 1.71. The number of hydrogen-bond donors (Lipinski definition) is 0. The van der Waals surface area contributed by atoms with Gasteiger partial charge in [0.25, 0.3) is 0 Å². The third kappa shape index (κ3) is 5.87. The summed E-state index contributed by atoms with van der Waals surface area (Å²) in [6.45, 7) is 8.83. The van der Waals surface area contributed by atoms with E-state index < -0.39 is 0 Å². The van der Waals surface area contributed by atoms with E-state index in [4.69, 9.17) is 9.57 Å². The van der Waals surface area contributed by atoms with E-state index in [2.05, 4.69) is 23.9 Å². The maximum Gasteiger partial charge on any atom is 0.119 e. The minimum Gasteiger partial charge on any atom is -0.494 e. The minimum absolute atomic E-state index is 0.776. The van der Waals surface area contributed by atoms with Crippen LogP contribution in [0.5, 0.6) is 5.75 Å². The molecule has 128 valence electrons. The van der Waals surface area contributed by atoms with Gasteiger partial charge in [-0.1, -0.05) is 19.0 Å². The van der Waals surface area contributed by atoms with Crippen molar-refractivity contribution in [2.24, 2.45) is 11.1 Å². The molecule has 1 aliphatic rings. The van der Waals surface area contributed by atoms with Crippen LogP contribution >= 0.6 is 0 Å². The zero-order valence-electron chi connectivity index (χ0n) is 14.8. The van der Waals surface area contributed by atoms with E-state index >= 15 is 0 Å². The molecular formula is C19H30N2O2. The molecule has 23 heavy (non-hydrogen) atoms. The van der Waals surface area contributed by atoms with Gasteiger partial charge in [-0.2, -0.15) is 0 Å². The van der Waals surface area contributed by atoms with E-state index in [9.17, 15) is 0 Å². The number of rotatable bonds is 8. The first kappa shape index (κ1) is 17.8. The summed E-state index contributed by atoms with van der Waals surface area (Å²) in [6.07, 6.45) is 4.61. The van der Waals surface area contributed by atoms with Gasteiger partial charge >= 0.3 is 0 Å². The number of benzene rings is 1. The van der Waals surface area contributed by atoms with Crippen LogP contribution in [0.4, 0.5) is 0 Å². The molecule has 0 spiro atoms. The Morgan fingerprint density at radius 2 is 1.91 bits per heavy atom. The predicted octanol–water partition coefficient (Wildman–Crippen LogP) is 3.95. The molecular weight excluding hydrogens is 288 g/mol. The Kier molecular flexibility index (Phi) is 7.40. The fourth-order valence-corrected chi connectivity index (χ4v) is 2.94. The smallest absolute Gasteiger partial charge is 0.119 e. The first-order chi connectivity index (χ1) is 11.2. The van der Waals surface area contributed by atoms with E-state index in [1.54, 1.807) is 7.11 Å². The van der Waals surface area contributed by atoms with Crippen LogP contribution in [0.1, 0.15) is 45.1 Å². The summed E-state index contributed by atoms with van der Waals surface area (Å²) in [5.74, 6) is 1.82. The molecule has 0 unspecified atom stereocenters. The highest BCUT2D eigenvalue weighted by Gasteiger charge is 2.14. The third-order valence-electron chi connectivity index (χ3n) is 4.49. The maximum absolute atomic E-state index is 5.85. The second-order valence-corrected chi connectivity index (χ2v) is 6.32. The lowest BCUT2D eigenvalue weighted by Gasteiger charge is -2.30. The van der Waals surface area contributed by atoms with Crippen LogP contribution in [-0.2, 0) is 4.84 Å². The number of nitrogens with zero attached hydrogens (tertiary/aromatic N) is 2. The van der Waals surface area contributed by atoms with Crippen LogP contribution < -0.4 is 4.74 Å². The van der Waals surface area contributed by atoms with E-state index in [1.807, 2.05) is 24.3 Å². The molecule has 0 saturated carbocycles. The maximum atomic E-state index is 5.85. The summed E-state index contributed by atoms with van der Waals surface area (Å²) in [4.78, 5) is 7.43. The normalized spacial score (nSPS) is 17.3. The van der Waals surface area contributed by atoms with Gasteiger partial charge in [0.15, 0.2) is 0 Å². The second kappa shape index (κ2) is 9.56. The fraction of sp³-hybridized carbons (Fsp3) is 0.632. The molecule has 1 aliphatic heterocycles. The van der Waals surface area contributed by atoms with Gasteiger partial charge in [-0.25, -0.2) is 0 Å². The monoisotopic (exact) mass is 318 g/mol. The summed E-state index contributed by atoms with van der Waals surface area (Å²) < 4.78 is 5.85. The number of oxime groups is 1. The largest absolute Gasteiger partial charge is 0.494 e. The molecule has 0 N–H and O–H groups in total. The van der Waals surface area contributed by atoms with Gasteiger partial charge in [-0.05, 0) is 74.5 Å². The predicted molar refractivity (Wildman–Crippen MR) is 95.2 cm³/mol. The lowest BCUT2D eigenvalue weighted by atomic mass is 9.99. The van der Waals surface area contributed by atoms with Crippen LogP contribution in [-0.4, -0.2) is 44.0 Å². The second-order valence-electron chi connectivity index (χ2n) is 6.32. The molecule has 1 aromatic carbocycles. The molecule has 0 atom stereocenters. The van der Waals surface area contributed by atoms with Gasteiger partial charge in [0.05, 0.1) is 12.3 Å². The number of likely N-dealkylation sites (tertiary alicyclic amines) is 1. The van der Waals surface area contributed by atoms with E-state index in [-0.39, 0.29) is 0 Å². The first-order valence-corrected chi connectivity index (χ1v) is 8.78. The van der Waals surface area contributed by atoms with E-state index in [0.29, 0.717) is 0 Å². The summed E-state index contributed by atoms with van der Waals surface area (Å²) in [6, 6.07) is 8.11. The van der Waals surface area contributed by atoms with Crippen molar-refractivity contribution >= 4 is 5.71 Å². The highest BCUT2D eigenvalue weighted by atomic mass is 16.6. The highest BCUT2D eigenvalue weighted by molar-refractivity contribution is 6.00. The number of hydrogen-bond acceptors (Lipinski definition) is 4. The van der Waals surface area contributed by atoms with Crippen LogP contribution in [0, 0.1) is 5.92 Å². The number of ether oxygens (including phenoxy) is 1. The topological polar surface area (TPSA) is 34.1 Å². The number of piperidine rings is 1. The van der Waals surface area contributed by atoms with Crippen molar-refractivity contribution < 1.29 is 9.57 Å². The van der Waals surface area contributed by atoms with E-state index in [0.717, 1.165) is 48.9 Å². The van der Waals surface area contributed by atoms with Gasteiger partial charge in [0.2, 0.25) is 0 Å². The first-order valence-electron chi connectivity index (χ1n) is 8.78. The van der Waals surface area contributed by atoms with Crippen molar-refractivity contribution in [2.45, 2.75) is 39.5 Å².